The molecule has 1 aromatic carbocycles. The van der Waals surface area contributed by atoms with Gasteiger partial charge < -0.3 is 9.73 Å². The fraction of sp³-hybridized carbons (Fsp3) is 0.412. The Kier molecular flexibility index (Phi) is 6.62. The molecule has 0 aliphatic heterocycles. The molecule has 2 rings (SSSR count). The highest BCUT2D eigenvalue weighted by molar-refractivity contribution is 6.42. The second kappa shape index (κ2) is 8.47. The van der Waals surface area contributed by atoms with Crippen LogP contribution in [-0.4, -0.2) is 12.6 Å². The van der Waals surface area contributed by atoms with Crippen LogP contribution in [0.5, 0.6) is 0 Å². The van der Waals surface area contributed by atoms with E-state index < -0.39 is 0 Å². The third-order valence-electron chi connectivity index (χ3n) is 3.50. The Morgan fingerprint density at radius 2 is 2.05 bits per heavy atom. The minimum absolute atomic E-state index is 0.367. The molecule has 1 unspecified atom stereocenters. The average molecular weight is 326 g/mol. The Bertz CT molecular complexity index is 540. The maximum atomic E-state index is 6.29. The van der Waals surface area contributed by atoms with Gasteiger partial charge in [-0.25, -0.2) is 0 Å². The van der Waals surface area contributed by atoms with Crippen LogP contribution in [0.2, 0.25) is 10.0 Å². The Hall–Kier alpha value is -0.960. The molecule has 1 N–H and O–H groups in total. The normalized spacial score (nSPS) is 12.5. The highest BCUT2D eigenvalue weighted by Gasteiger charge is 2.13. The van der Waals surface area contributed by atoms with E-state index in [1.165, 1.54) is 0 Å². The van der Waals surface area contributed by atoms with Gasteiger partial charge in [-0.1, -0.05) is 42.3 Å². The molecule has 1 aromatic heterocycles. The molecule has 0 amide bonds. The standard InChI is InChI=1S/C17H21Cl2NO/c1-2-10-20-14(8-9-15-6-4-11-21-15)12-13-5-3-7-16(18)17(13)19/h3-7,11,14,20H,2,8-10,12H2,1H3. The fourth-order valence-corrected chi connectivity index (χ4v) is 2.76. The average Bonchev–Trinajstić information content (AvgIpc) is 2.99. The minimum Gasteiger partial charge on any atom is -0.469 e. The van der Waals surface area contributed by atoms with Crippen LogP contribution in [0.25, 0.3) is 0 Å². The predicted octanol–water partition coefficient (Wildman–Crippen LogP) is 5.13. The van der Waals surface area contributed by atoms with Crippen molar-refractivity contribution < 1.29 is 4.42 Å². The SMILES string of the molecule is CCCNC(CCc1ccco1)Cc1cccc(Cl)c1Cl. The van der Waals surface area contributed by atoms with Crippen LogP contribution >= 0.6 is 23.2 Å². The van der Waals surface area contributed by atoms with Crippen LogP contribution < -0.4 is 5.32 Å². The van der Waals surface area contributed by atoms with Crippen LogP contribution in [0, 0.1) is 0 Å². The van der Waals surface area contributed by atoms with Gasteiger partial charge in [0, 0.05) is 12.5 Å². The summed E-state index contributed by atoms with van der Waals surface area (Å²) in [5.41, 5.74) is 1.09. The minimum atomic E-state index is 0.367. The highest BCUT2D eigenvalue weighted by Crippen LogP contribution is 2.27. The zero-order valence-electron chi connectivity index (χ0n) is 12.2. The Morgan fingerprint density at radius 3 is 2.76 bits per heavy atom. The van der Waals surface area contributed by atoms with Crippen LogP contribution in [0.4, 0.5) is 0 Å². The van der Waals surface area contributed by atoms with Crippen molar-refractivity contribution in [3.8, 4) is 0 Å². The molecule has 0 aliphatic rings. The number of hydrogen-bond donors (Lipinski definition) is 1. The third kappa shape index (κ3) is 5.06. The maximum Gasteiger partial charge on any atom is 0.103 e. The first-order valence-corrected chi connectivity index (χ1v) is 8.15. The zero-order valence-corrected chi connectivity index (χ0v) is 13.8. The number of rotatable bonds is 8. The van der Waals surface area contributed by atoms with Crippen molar-refractivity contribution in [2.45, 2.75) is 38.6 Å². The molecule has 114 valence electrons. The van der Waals surface area contributed by atoms with Gasteiger partial charge >= 0.3 is 0 Å². The van der Waals surface area contributed by atoms with E-state index >= 15 is 0 Å². The number of benzene rings is 1. The second-order valence-corrected chi connectivity index (χ2v) is 5.97. The van der Waals surface area contributed by atoms with E-state index in [-0.39, 0.29) is 0 Å². The van der Waals surface area contributed by atoms with E-state index in [2.05, 4.69) is 12.2 Å². The third-order valence-corrected chi connectivity index (χ3v) is 4.36. The fourth-order valence-electron chi connectivity index (χ4n) is 2.37. The molecule has 2 nitrogen and oxygen atoms in total. The van der Waals surface area contributed by atoms with Crippen molar-refractivity contribution in [3.05, 3.63) is 58.0 Å². The number of nitrogens with one attached hydrogen (secondary N) is 1. The van der Waals surface area contributed by atoms with E-state index in [1.807, 2.05) is 30.3 Å². The molecule has 0 bridgehead atoms. The van der Waals surface area contributed by atoms with Gasteiger partial charge in [-0.2, -0.15) is 0 Å². The summed E-state index contributed by atoms with van der Waals surface area (Å²) in [6, 6.07) is 10.1. The van der Waals surface area contributed by atoms with Gasteiger partial charge in [-0.05, 0) is 49.6 Å². The Balaban J connectivity index is 1.99. The molecule has 2 aromatic rings. The van der Waals surface area contributed by atoms with Crippen LogP contribution in [-0.2, 0) is 12.8 Å². The summed E-state index contributed by atoms with van der Waals surface area (Å²) >= 11 is 12.4. The van der Waals surface area contributed by atoms with E-state index in [4.69, 9.17) is 27.6 Å². The first kappa shape index (κ1) is 16.4. The van der Waals surface area contributed by atoms with Gasteiger partial charge in [0.2, 0.25) is 0 Å². The second-order valence-electron chi connectivity index (χ2n) is 5.19. The van der Waals surface area contributed by atoms with Crippen molar-refractivity contribution >= 4 is 23.2 Å². The van der Waals surface area contributed by atoms with E-state index in [9.17, 15) is 0 Å². The first-order chi connectivity index (χ1) is 10.2. The molecule has 0 saturated heterocycles. The molecule has 21 heavy (non-hydrogen) atoms. The van der Waals surface area contributed by atoms with Gasteiger partial charge in [-0.3, -0.25) is 0 Å². The van der Waals surface area contributed by atoms with E-state index in [0.29, 0.717) is 16.1 Å². The quantitative estimate of drug-likeness (QED) is 0.727. The zero-order chi connectivity index (χ0) is 15.1. The lowest BCUT2D eigenvalue weighted by atomic mass is 10.0. The summed E-state index contributed by atoms with van der Waals surface area (Å²) in [4.78, 5) is 0. The summed E-state index contributed by atoms with van der Waals surface area (Å²) in [6.07, 6.45) is 5.64. The number of hydrogen-bond acceptors (Lipinski definition) is 2. The summed E-state index contributed by atoms with van der Waals surface area (Å²) in [5.74, 6) is 1.02. The summed E-state index contributed by atoms with van der Waals surface area (Å²) in [5, 5.41) is 4.87. The lowest BCUT2D eigenvalue weighted by Crippen LogP contribution is -2.32. The van der Waals surface area contributed by atoms with Crippen molar-refractivity contribution in [2.75, 3.05) is 6.54 Å². The van der Waals surface area contributed by atoms with Crippen LogP contribution in [0.3, 0.4) is 0 Å². The lowest BCUT2D eigenvalue weighted by Gasteiger charge is -2.19. The molecule has 4 heteroatoms. The van der Waals surface area contributed by atoms with Crippen molar-refractivity contribution in [1.82, 2.24) is 5.32 Å². The number of aryl methyl sites for hydroxylation is 1. The number of halogens is 2. The molecule has 0 aliphatic carbocycles. The highest BCUT2D eigenvalue weighted by atomic mass is 35.5. The Morgan fingerprint density at radius 1 is 1.19 bits per heavy atom. The largest absolute Gasteiger partial charge is 0.469 e. The molecular formula is C17H21Cl2NO. The van der Waals surface area contributed by atoms with Crippen LogP contribution in [0.15, 0.2) is 41.0 Å². The summed E-state index contributed by atoms with van der Waals surface area (Å²) < 4.78 is 5.41. The van der Waals surface area contributed by atoms with Crippen molar-refractivity contribution in [3.63, 3.8) is 0 Å². The van der Waals surface area contributed by atoms with Crippen molar-refractivity contribution in [2.24, 2.45) is 0 Å². The monoisotopic (exact) mass is 325 g/mol. The van der Waals surface area contributed by atoms with Crippen molar-refractivity contribution in [1.29, 1.82) is 0 Å². The molecule has 0 fully saturated rings. The summed E-state index contributed by atoms with van der Waals surface area (Å²) in [7, 11) is 0. The molecular weight excluding hydrogens is 305 g/mol. The molecule has 1 atom stereocenters. The van der Waals surface area contributed by atoms with Gasteiger partial charge in [0.15, 0.2) is 0 Å². The molecule has 0 radical (unpaired) electrons. The van der Waals surface area contributed by atoms with Gasteiger partial charge in [-0.15, -0.1) is 0 Å². The van der Waals surface area contributed by atoms with Gasteiger partial charge in [0.25, 0.3) is 0 Å². The molecule has 0 saturated carbocycles. The maximum absolute atomic E-state index is 6.29. The number of furan rings is 1. The van der Waals surface area contributed by atoms with Gasteiger partial charge in [0.1, 0.15) is 5.76 Å². The first-order valence-electron chi connectivity index (χ1n) is 7.39. The molecule has 1 heterocycles. The smallest absolute Gasteiger partial charge is 0.103 e. The van der Waals surface area contributed by atoms with E-state index in [1.54, 1.807) is 6.26 Å². The van der Waals surface area contributed by atoms with Crippen LogP contribution in [0.1, 0.15) is 31.1 Å². The van der Waals surface area contributed by atoms with Gasteiger partial charge in [0.05, 0.1) is 16.3 Å². The Labute approximate surface area is 136 Å². The topological polar surface area (TPSA) is 25.2 Å². The van der Waals surface area contributed by atoms with E-state index in [0.717, 1.165) is 43.6 Å². The summed E-state index contributed by atoms with van der Waals surface area (Å²) in [6.45, 7) is 3.17. The lowest BCUT2D eigenvalue weighted by molar-refractivity contribution is 0.441. The predicted molar refractivity (Wildman–Crippen MR) is 89.3 cm³/mol. The molecule has 0 spiro atoms.